The molecule has 0 N–H and O–H groups in total. The van der Waals surface area contributed by atoms with Gasteiger partial charge in [-0.3, -0.25) is 4.79 Å². The number of amides is 1. The zero-order chi connectivity index (χ0) is 22.7. The van der Waals surface area contributed by atoms with Crippen molar-refractivity contribution in [3.8, 4) is 5.75 Å². The highest BCUT2D eigenvalue weighted by Gasteiger charge is 2.31. The third-order valence-corrected chi connectivity index (χ3v) is 5.60. The van der Waals surface area contributed by atoms with Crippen LogP contribution in [0.25, 0.3) is 0 Å². The smallest absolute Gasteiger partial charge is 0.416 e. The molecule has 9 heteroatoms. The molecule has 6 nitrogen and oxygen atoms in total. The van der Waals surface area contributed by atoms with Gasteiger partial charge in [-0.1, -0.05) is 29.5 Å². The molecule has 32 heavy (non-hydrogen) atoms. The lowest BCUT2D eigenvalue weighted by Crippen LogP contribution is -2.38. The van der Waals surface area contributed by atoms with Gasteiger partial charge in [0, 0.05) is 6.54 Å². The molecule has 1 aromatic heterocycles. The van der Waals surface area contributed by atoms with Crippen molar-refractivity contribution in [2.24, 2.45) is 0 Å². The number of carbonyl (C=O) groups excluding carboxylic acids is 1. The largest absolute Gasteiger partial charge is 0.497 e. The van der Waals surface area contributed by atoms with Gasteiger partial charge in [0.25, 0.3) is 5.91 Å². The number of hydrogen-bond acceptors (Lipinski definition) is 4. The van der Waals surface area contributed by atoms with Crippen LogP contribution in [0.4, 0.5) is 13.2 Å². The van der Waals surface area contributed by atoms with E-state index in [-0.39, 0.29) is 24.2 Å². The molecule has 1 unspecified atom stereocenters. The summed E-state index contributed by atoms with van der Waals surface area (Å²) in [6.07, 6.45) is -0.196. The van der Waals surface area contributed by atoms with Crippen molar-refractivity contribution in [2.45, 2.75) is 38.0 Å². The predicted octanol–water partition coefficient (Wildman–Crippen LogP) is 4.72. The molecule has 1 aliphatic heterocycles. The van der Waals surface area contributed by atoms with E-state index in [9.17, 15) is 18.0 Å². The van der Waals surface area contributed by atoms with E-state index in [2.05, 4.69) is 10.3 Å². The second-order valence-corrected chi connectivity index (χ2v) is 7.79. The van der Waals surface area contributed by atoms with Crippen LogP contribution in [0.15, 0.2) is 54.7 Å². The van der Waals surface area contributed by atoms with Crippen molar-refractivity contribution in [2.75, 3.05) is 13.7 Å². The molecule has 0 saturated carbocycles. The highest BCUT2D eigenvalue weighted by Crippen LogP contribution is 2.33. The van der Waals surface area contributed by atoms with Crippen molar-refractivity contribution in [1.82, 2.24) is 19.9 Å². The summed E-state index contributed by atoms with van der Waals surface area (Å²) in [4.78, 5) is 15.0. The summed E-state index contributed by atoms with van der Waals surface area (Å²) >= 11 is 0. The summed E-state index contributed by atoms with van der Waals surface area (Å²) in [6.45, 7) is 0.685. The molecule has 2 heterocycles. The van der Waals surface area contributed by atoms with E-state index in [0.717, 1.165) is 42.7 Å². The summed E-state index contributed by atoms with van der Waals surface area (Å²) < 4.78 is 45.6. The molecule has 0 aliphatic carbocycles. The van der Waals surface area contributed by atoms with Crippen LogP contribution in [0.1, 0.15) is 52.5 Å². The Morgan fingerprint density at radius 2 is 1.97 bits per heavy atom. The quantitative estimate of drug-likeness (QED) is 0.571. The summed E-state index contributed by atoms with van der Waals surface area (Å²) in [6, 6.07) is 12.6. The minimum absolute atomic E-state index is 0.0868. The monoisotopic (exact) mass is 444 g/mol. The van der Waals surface area contributed by atoms with Gasteiger partial charge in [-0.05, 0) is 54.7 Å². The highest BCUT2D eigenvalue weighted by atomic mass is 19.4. The first-order chi connectivity index (χ1) is 15.3. The molecule has 0 spiro atoms. The van der Waals surface area contributed by atoms with Gasteiger partial charge in [0.1, 0.15) is 5.75 Å². The number of aromatic nitrogens is 3. The lowest BCUT2D eigenvalue weighted by molar-refractivity contribution is -0.137. The van der Waals surface area contributed by atoms with Crippen LogP contribution in [-0.2, 0) is 12.7 Å². The standard InChI is InChI=1S/C23H23F3N4O2/c1-32-19-9-5-7-17(13-19)21-10-2-3-11-30(21)22(31)20-15-29(28-27-20)14-16-6-4-8-18(12-16)23(24,25)26/h4-9,12-13,15,21H,2-3,10-11,14H2,1H3. The maximum absolute atomic E-state index is 13.2. The van der Waals surface area contributed by atoms with Crippen molar-refractivity contribution in [1.29, 1.82) is 0 Å². The fraction of sp³-hybridized carbons (Fsp3) is 0.348. The summed E-state index contributed by atoms with van der Waals surface area (Å²) in [5.41, 5.74) is 0.873. The van der Waals surface area contributed by atoms with Gasteiger partial charge in [-0.2, -0.15) is 13.2 Å². The Morgan fingerprint density at radius 1 is 1.16 bits per heavy atom. The number of nitrogens with zero attached hydrogens (tertiary/aromatic N) is 4. The maximum Gasteiger partial charge on any atom is 0.416 e. The maximum atomic E-state index is 13.2. The minimum Gasteiger partial charge on any atom is -0.497 e. The number of ether oxygens (including phenoxy) is 1. The van der Waals surface area contributed by atoms with Crippen molar-refractivity contribution in [3.63, 3.8) is 0 Å². The first-order valence-electron chi connectivity index (χ1n) is 10.4. The summed E-state index contributed by atoms with van der Waals surface area (Å²) in [5.74, 6) is 0.486. The van der Waals surface area contributed by atoms with Crippen LogP contribution in [0.2, 0.25) is 0 Å². The molecule has 4 rings (SSSR count). The minimum atomic E-state index is -4.41. The average Bonchev–Trinajstić information content (AvgIpc) is 3.26. The number of hydrogen-bond donors (Lipinski definition) is 0. The fourth-order valence-electron chi connectivity index (χ4n) is 4.02. The van der Waals surface area contributed by atoms with Crippen molar-refractivity contribution >= 4 is 5.91 Å². The average molecular weight is 444 g/mol. The van der Waals surface area contributed by atoms with E-state index in [1.807, 2.05) is 24.3 Å². The highest BCUT2D eigenvalue weighted by molar-refractivity contribution is 5.92. The first-order valence-corrected chi connectivity index (χ1v) is 10.4. The van der Waals surface area contributed by atoms with Crippen LogP contribution in [-0.4, -0.2) is 39.5 Å². The number of benzene rings is 2. The van der Waals surface area contributed by atoms with Gasteiger partial charge in [0.2, 0.25) is 0 Å². The molecular formula is C23H23F3N4O2. The molecule has 168 valence electrons. The zero-order valence-electron chi connectivity index (χ0n) is 17.5. The Labute approximate surface area is 183 Å². The second kappa shape index (κ2) is 9.02. The summed E-state index contributed by atoms with van der Waals surface area (Å²) in [7, 11) is 1.60. The topological polar surface area (TPSA) is 60.2 Å². The van der Waals surface area contributed by atoms with Crippen LogP contribution in [0, 0.1) is 0 Å². The Hall–Kier alpha value is -3.36. The molecule has 1 saturated heterocycles. The number of piperidine rings is 1. The molecular weight excluding hydrogens is 421 g/mol. The SMILES string of the molecule is COc1cccc(C2CCCCN2C(=O)c2cn(Cc3cccc(C(F)(F)F)c3)nn2)c1. The molecule has 3 aromatic rings. The van der Waals surface area contributed by atoms with Gasteiger partial charge in [-0.15, -0.1) is 5.10 Å². The number of methoxy groups -OCH3 is 1. The number of alkyl halides is 3. The third-order valence-electron chi connectivity index (χ3n) is 5.60. The van der Waals surface area contributed by atoms with Crippen LogP contribution < -0.4 is 4.74 Å². The molecule has 1 fully saturated rings. The molecule has 2 aromatic carbocycles. The number of carbonyl (C=O) groups is 1. The van der Waals surface area contributed by atoms with E-state index in [1.54, 1.807) is 18.1 Å². The van der Waals surface area contributed by atoms with Gasteiger partial charge in [0.15, 0.2) is 5.69 Å². The van der Waals surface area contributed by atoms with E-state index >= 15 is 0 Å². The molecule has 1 aliphatic rings. The Kier molecular flexibility index (Phi) is 6.16. The van der Waals surface area contributed by atoms with Crippen molar-refractivity contribution in [3.05, 3.63) is 77.1 Å². The molecule has 0 radical (unpaired) electrons. The van der Waals surface area contributed by atoms with Crippen LogP contribution in [0.5, 0.6) is 5.75 Å². The van der Waals surface area contributed by atoms with Gasteiger partial charge < -0.3 is 9.64 Å². The number of rotatable bonds is 5. The van der Waals surface area contributed by atoms with E-state index in [1.165, 1.54) is 16.9 Å². The summed E-state index contributed by atoms with van der Waals surface area (Å²) in [5, 5.41) is 7.96. The Bertz CT molecular complexity index is 1100. The third kappa shape index (κ3) is 4.76. The molecule has 1 atom stereocenters. The lowest BCUT2D eigenvalue weighted by atomic mass is 9.94. The van der Waals surface area contributed by atoms with Gasteiger partial charge >= 0.3 is 6.18 Å². The van der Waals surface area contributed by atoms with E-state index in [0.29, 0.717) is 12.1 Å². The Balaban J connectivity index is 1.52. The van der Waals surface area contributed by atoms with E-state index in [4.69, 9.17) is 4.74 Å². The van der Waals surface area contributed by atoms with Gasteiger partial charge in [-0.25, -0.2) is 4.68 Å². The first kappa shape index (κ1) is 21.9. The molecule has 0 bridgehead atoms. The zero-order valence-corrected chi connectivity index (χ0v) is 17.5. The Morgan fingerprint density at radius 3 is 2.75 bits per heavy atom. The number of likely N-dealkylation sites (tertiary alicyclic amines) is 1. The fourth-order valence-corrected chi connectivity index (χ4v) is 4.02. The lowest BCUT2D eigenvalue weighted by Gasteiger charge is -2.35. The predicted molar refractivity (Wildman–Crippen MR) is 111 cm³/mol. The van der Waals surface area contributed by atoms with Gasteiger partial charge in [0.05, 0.1) is 31.5 Å². The van der Waals surface area contributed by atoms with Crippen molar-refractivity contribution < 1.29 is 22.7 Å². The second-order valence-electron chi connectivity index (χ2n) is 7.79. The van der Waals surface area contributed by atoms with Crippen LogP contribution >= 0.6 is 0 Å². The van der Waals surface area contributed by atoms with E-state index < -0.39 is 11.7 Å². The van der Waals surface area contributed by atoms with Crippen LogP contribution in [0.3, 0.4) is 0 Å². The normalized spacial score (nSPS) is 16.8. The number of halogens is 3. The molecule has 1 amide bonds.